The quantitative estimate of drug-likeness (QED) is 0.586. The Kier molecular flexibility index (Phi) is 4.57. The van der Waals surface area contributed by atoms with Crippen molar-refractivity contribution in [2.24, 2.45) is 0 Å². The lowest BCUT2D eigenvalue weighted by Crippen LogP contribution is -2.02. The Morgan fingerprint density at radius 1 is 1.30 bits per heavy atom. The van der Waals surface area contributed by atoms with E-state index < -0.39 is 0 Å². The molecule has 0 aliphatic rings. The Balaban J connectivity index is 1.79. The molecule has 2 aromatic heterocycles. The molecule has 0 radical (unpaired) electrons. The Morgan fingerprint density at radius 2 is 2.22 bits per heavy atom. The van der Waals surface area contributed by atoms with E-state index in [1.54, 1.807) is 6.20 Å². The number of rotatable bonds is 6. The Morgan fingerprint density at radius 3 is 3.09 bits per heavy atom. The number of nitrogens with two attached hydrogens (primary N) is 1. The molecule has 2 heterocycles. The van der Waals surface area contributed by atoms with Crippen molar-refractivity contribution < 1.29 is 0 Å². The van der Waals surface area contributed by atoms with Crippen LogP contribution in [-0.2, 0) is 0 Å². The molecule has 0 saturated carbocycles. The molecule has 0 spiro atoms. The fraction of sp³-hybridized carbons (Fsp3) is 0.222. The zero-order valence-corrected chi connectivity index (χ0v) is 13.2. The maximum absolute atomic E-state index is 5.94. The number of aromatic amines is 1. The third-order valence-corrected chi connectivity index (χ3v) is 3.65. The summed E-state index contributed by atoms with van der Waals surface area (Å²) in [5, 5.41) is 4.39. The lowest BCUT2D eigenvalue weighted by Gasteiger charge is -2.08. The van der Waals surface area contributed by atoms with Crippen LogP contribution in [0.5, 0.6) is 0 Å². The minimum Gasteiger partial charge on any atom is -0.381 e. The van der Waals surface area contributed by atoms with Gasteiger partial charge in [0.2, 0.25) is 0 Å². The monoisotopic (exact) mass is 307 g/mol. The molecule has 3 aromatic rings. The van der Waals surface area contributed by atoms with E-state index in [1.165, 1.54) is 12.8 Å². The van der Waals surface area contributed by atoms with Crippen LogP contribution in [0.15, 0.2) is 42.7 Å². The van der Waals surface area contributed by atoms with Crippen LogP contribution in [0, 0.1) is 0 Å². The van der Waals surface area contributed by atoms with E-state index >= 15 is 0 Å². The van der Waals surface area contributed by atoms with Gasteiger partial charge in [0.15, 0.2) is 11.6 Å². The normalized spacial score (nSPS) is 11.3. The maximum Gasteiger partial charge on any atom is 0.173 e. The molecule has 5 heteroatoms. The van der Waals surface area contributed by atoms with Crippen molar-refractivity contribution >= 4 is 34.3 Å². The number of fused-ring (bicyclic) bond motifs is 1. The first-order valence-electron chi connectivity index (χ1n) is 7.89. The van der Waals surface area contributed by atoms with E-state index in [9.17, 15) is 0 Å². The summed E-state index contributed by atoms with van der Waals surface area (Å²) in [6, 6.07) is 8.10. The first-order chi connectivity index (χ1) is 11.3. The zero-order chi connectivity index (χ0) is 16.1. The van der Waals surface area contributed by atoms with Crippen LogP contribution in [0.1, 0.15) is 31.9 Å². The second-order valence-electron chi connectivity index (χ2n) is 5.48. The van der Waals surface area contributed by atoms with Crippen LogP contribution < -0.4 is 11.1 Å². The van der Waals surface area contributed by atoms with Gasteiger partial charge in [-0.05, 0) is 36.8 Å². The van der Waals surface area contributed by atoms with Crippen LogP contribution in [0.4, 0.5) is 17.3 Å². The smallest absolute Gasteiger partial charge is 0.173 e. The number of nitrogen functional groups attached to an aromatic ring is 1. The summed E-state index contributed by atoms with van der Waals surface area (Å²) in [6.45, 7) is 2.18. The molecule has 1 aromatic carbocycles. The number of aromatic nitrogens is 3. The highest BCUT2D eigenvalue weighted by molar-refractivity contribution is 5.84. The summed E-state index contributed by atoms with van der Waals surface area (Å²) in [7, 11) is 0. The van der Waals surface area contributed by atoms with Crippen LogP contribution in [-0.4, -0.2) is 15.0 Å². The van der Waals surface area contributed by atoms with E-state index in [0.717, 1.165) is 28.7 Å². The molecular weight excluding hydrogens is 286 g/mol. The standard InChI is InChI=1S/C18H21N5/c1-2-3-4-5-6-15-12-21-17(19)18(23-15)22-14-7-8-16-13(11-14)9-10-20-16/h5-12,20H,2-4H2,1H3,(H2,19,21)(H,22,23)/b6-5+. The lowest BCUT2D eigenvalue weighted by atomic mass is 10.2. The van der Waals surface area contributed by atoms with Crippen molar-refractivity contribution in [2.75, 3.05) is 11.1 Å². The second-order valence-corrected chi connectivity index (χ2v) is 5.48. The van der Waals surface area contributed by atoms with Gasteiger partial charge in [-0.2, -0.15) is 0 Å². The molecule has 0 atom stereocenters. The topological polar surface area (TPSA) is 79.6 Å². The van der Waals surface area contributed by atoms with Gasteiger partial charge in [0.25, 0.3) is 0 Å². The van der Waals surface area contributed by atoms with Gasteiger partial charge >= 0.3 is 0 Å². The summed E-state index contributed by atoms with van der Waals surface area (Å²) in [4.78, 5) is 11.9. The number of H-pyrrole nitrogens is 1. The number of unbranched alkanes of at least 4 members (excludes halogenated alkanes) is 2. The number of benzene rings is 1. The van der Waals surface area contributed by atoms with Gasteiger partial charge in [0.05, 0.1) is 11.9 Å². The van der Waals surface area contributed by atoms with Crippen molar-refractivity contribution in [3.63, 3.8) is 0 Å². The summed E-state index contributed by atoms with van der Waals surface area (Å²) < 4.78 is 0. The molecule has 118 valence electrons. The third kappa shape index (κ3) is 3.69. The van der Waals surface area contributed by atoms with Gasteiger partial charge in [-0.15, -0.1) is 0 Å². The lowest BCUT2D eigenvalue weighted by molar-refractivity contribution is 0.816. The van der Waals surface area contributed by atoms with Crippen molar-refractivity contribution in [1.29, 1.82) is 0 Å². The molecule has 3 rings (SSSR count). The maximum atomic E-state index is 5.94. The molecule has 0 unspecified atom stereocenters. The predicted octanol–water partition coefficient (Wildman–Crippen LogP) is 4.49. The van der Waals surface area contributed by atoms with E-state index in [-0.39, 0.29) is 0 Å². The summed E-state index contributed by atoms with van der Waals surface area (Å²) in [5.74, 6) is 0.974. The van der Waals surface area contributed by atoms with Gasteiger partial charge in [-0.3, -0.25) is 0 Å². The SMILES string of the molecule is CCCC/C=C/c1cnc(N)c(Nc2ccc3[nH]ccc3c2)n1. The van der Waals surface area contributed by atoms with Gasteiger partial charge in [0, 0.05) is 22.8 Å². The van der Waals surface area contributed by atoms with Crippen LogP contribution in [0.25, 0.3) is 17.0 Å². The minimum atomic E-state index is 0.393. The second kappa shape index (κ2) is 6.96. The molecule has 4 N–H and O–H groups in total. The van der Waals surface area contributed by atoms with Gasteiger partial charge < -0.3 is 16.0 Å². The molecule has 5 nitrogen and oxygen atoms in total. The third-order valence-electron chi connectivity index (χ3n) is 3.65. The first-order valence-corrected chi connectivity index (χ1v) is 7.89. The van der Waals surface area contributed by atoms with E-state index in [2.05, 4.69) is 39.3 Å². The summed E-state index contributed by atoms with van der Waals surface area (Å²) in [6.07, 6.45) is 11.1. The zero-order valence-electron chi connectivity index (χ0n) is 13.2. The number of nitrogens with zero attached hydrogens (tertiary/aromatic N) is 2. The van der Waals surface area contributed by atoms with Crippen molar-refractivity contribution in [1.82, 2.24) is 15.0 Å². The van der Waals surface area contributed by atoms with Crippen molar-refractivity contribution in [2.45, 2.75) is 26.2 Å². The van der Waals surface area contributed by atoms with E-state index in [1.807, 2.05) is 30.5 Å². The number of anilines is 3. The molecule has 0 aliphatic carbocycles. The molecule has 0 bridgehead atoms. The number of nitrogens with one attached hydrogen (secondary N) is 2. The predicted molar refractivity (Wildman–Crippen MR) is 96.6 cm³/mol. The minimum absolute atomic E-state index is 0.393. The van der Waals surface area contributed by atoms with Crippen molar-refractivity contribution in [3.05, 3.63) is 48.4 Å². The van der Waals surface area contributed by atoms with Gasteiger partial charge in [0.1, 0.15) is 0 Å². The Labute approximate surface area is 135 Å². The highest BCUT2D eigenvalue weighted by Gasteiger charge is 2.05. The highest BCUT2D eigenvalue weighted by atomic mass is 15.1. The fourth-order valence-corrected chi connectivity index (χ4v) is 2.38. The van der Waals surface area contributed by atoms with Gasteiger partial charge in [-0.25, -0.2) is 9.97 Å². The van der Waals surface area contributed by atoms with E-state index in [4.69, 9.17) is 5.73 Å². The molecule has 0 amide bonds. The average Bonchev–Trinajstić information content (AvgIpc) is 3.02. The molecule has 23 heavy (non-hydrogen) atoms. The Bertz CT molecular complexity index is 819. The largest absolute Gasteiger partial charge is 0.381 e. The van der Waals surface area contributed by atoms with Crippen LogP contribution in [0.3, 0.4) is 0 Å². The number of hydrogen-bond donors (Lipinski definition) is 3. The highest BCUT2D eigenvalue weighted by Crippen LogP contribution is 2.23. The summed E-state index contributed by atoms with van der Waals surface area (Å²) in [5.41, 5.74) is 8.78. The number of hydrogen-bond acceptors (Lipinski definition) is 4. The van der Waals surface area contributed by atoms with Crippen LogP contribution >= 0.6 is 0 Å². The molecule has 0 fully saturated rings. The van der Waals surface area contributed by atoms with E-state index in [0.29, 0.717) is 11.6 Å². The molecule has 0 aliphatic heterocycles. The van der Waals surface area contributed by atoms with Crippen molar-refractivity contribution in [3.8, 4) is 0 Å². The first kappa shape index (κ1) is 15.1. The van der Waals surface area contributed by atoms with Crippen LogP contribution in [0.2, 0.25) is 0 Å². The summed E-state index contributed by atoms with van der Waals surface area (Å²) >= 11 is 0. The molecule has 0 saturated heterocycles. The fourth-order valence-electron chi connectivity index (χ4n) is 2.38. The molecular formula is C18H21N5. The Hall–Kier alpha value is -2.82. The average molecular weight is 307 g/mol. The van der Waals surface area contributed by atoms with Gasteiger partial charge in [-0.1, -0.05) is 25.8 Å². The number of allylic oxidation sites excluding steroid dienone is 1.